The van der Waals surface area contributed by atoms with Gasteiger partial charge in [-0.05, 0) is 37.0 Å². The Morgan fingerprint density at radius 3 is 2.64 bits per heavy atom. The Labute approximate surface area is 146 Å². The summed E-state index contributed by atoms with van der Waals surface area (Å²) in [6.07, 6.45) is 6.13. The number of aromatic nitrogens is 2. The van der Waals surface area contributed by atoms with Crippen molar-refractivity contribution in [1.29, 1.82) is 0 Å². The van der Waals surface area contributed by atoms with Crippen molar-refractivity contribution in [3.05, 3.63) is 72.4 Å². The van der Waals surface area contributed by atoms with Gasteiger partial charge < -0.3 is 9.15 Å². The third-order valence-corrected chi connectivity index (χ3v) is 3.74. The van der Waals surface area contributed by atoms with Crippen LogP contribution in [0.3, 0.4) is 0 Å². The van der Waals surface area contributed by atoms with Crippen LogP contribution in [-0.2, 0) is 11.2 Å². The number of ketones is 1. The SMILES string of the molecule is O=C(COCCCCc1ccccc1)c1ncc(-c2ccccn2)o1. The summed E-state index contributed by atoms with van der Waals surface area (Å²) in [5, 5.41) is 0. The van der Waals surface area contributed by atoms with Gasteiger partial charge >= 0.3 is 0 Å². The number of hydrogen-bond donors (Lipinski definition) is 0. The van der Waals surface area contributed by atoms with Gasteiger partial charge in [0, 0.05) is 12.8 Å². The van der Waals surface area contributed by atoms with E-state index in [4.69, 9.17) is 9.15 Å². The molecule has 0 aliphatic carbocycles. The van der Waals surface area contributed by atoms with Crippen LogP contribution < -0.4 is 0 Å². The number of hydrogen-bond acceptors (Lipinski definition) is 5. The van der Waals surface area contributed by atoms with E-state index in [0.717, 1.165) is 19.3 Å². The normalized spacial score (nSPS) is 10.7. The lowest BCUT2D eigenvalue weighted by atomic mass is 10.1. The van der Waals surface area contributed by atoms with Gasteiger partial charge in [0.15, 0.2) is 5.76 Å². The molecule has 0 N–H and O–H groups in total. The lowest BCUT2D eigenvalue weighted by Crippen LogP contribution is -2.10. The van der Waals surface area contributed by atoms with E-state index >= 15 is 0 Å². The second kappa shape index (κ2) is 8.89. The van der Waals surface area contributed by atoms with Gasteiger partial charge in [0.1, 0.15) is 12.3 Å². The van der Waals surface area contributed by atoms with Crippen molar-refractivity contribution >= 4 is 5.78 Å². The van der Waals surface area contributed by atoms with Crippen LogP contribution in [-0.4, -0.2) is 29.0 Å². The van der Waals surface area contributed by atoms with E-state index in [1.54, 1.807) is 12.3 Å². The van der Waals surface area contributed by atoms with Crippen molar-refractivity contribution < 1.29 is 13.9 Å². The van der Waals surface area contributed by atoms with Crippen LogP contribution in [0.5, 0.6) is 0 Å². The Bertz CT molecular complexity index is 785. The van der Waals surface area contributed by atoms with Crippen LogP contribution in [0.15, 0.2) is 65.3 Å². The minimum absolute atomic E-state index is 0.0203. The third kappa shape index (κ3) is 5.09. The summed E-state index contributed by atoms with van der Waals surface area (Å²) in [5.74, 6) is 0.280. The number of rotatable bonds is 9. The van der Waals surface area contributed by atoms with Crippen LogP contribution in [0.25, 0.3) is 11.5 Å². The van der Waals surface area contributed by atoms with Crippen molar-refractivity contribution in [3.63, 3.8) is 0 Å². The fraction of sp³-hybridized carbons (Fsp3) is 0.250. The molecule has 0 radical (unpaired) electrons. The Kier molecular flexibility index (Phi) is 6.06. The molecule has 0 fully saturated rings. The van der Waals surface area contributed by atoms with Gasteiger partial charge in [-0.1, -0.05) is 36.4 Å². The molecule has 0 saturated heterocycles. The highest BCUT2D eigenvalue weighted by molar-refractivity contribution is 5.93. The van der Waals surface area contributed by atoms with Gasteiger partial charge in [0.2, 0.25) is 5.78 Å². The van der Waals surface area contributed by atoms with Crippen molar-refractivity contribution in [3.8, 4) is 11.5 Å². The standard InChI is InChI=1S/C20H20N2O3/c23-18(15-24-13-7-5-10-16-8-2-1-3-9-16)20-22-14-19(25-20)17-11-4-6-12-21-17/h1-4,6,8-9,11-12,14H,5,7,10,13,15H2. The van der Waals surface area contributed by atoms with Crippen molar-refractivity contribution in [2.24, 2.45) is 0 Å². The number of aryl methyl sites for hydroxylation is 1. The fourth-order valence-corrected chi connectivity index (χ4v) is 2.43. The number of ether oxygens (including phenoxy) is 1. The predicted octanol–water partition coefficient (Wildman–Crippen LogP) is 3.96. The molecule has 128 valence electrons. The number of pyridine rings is 1. The number of benzene rings is 1. The highest BCUT2D eigenvalue weighted by Crippen LogP contribution is 2.17. The van der Waals surface area contributed by atoms with E-state index in [2.05, 4.69) is 22.1 Å². The molecule has 0 bridgehead atoms. The maximum absolute atomic E-state index is 12.0. The smallest absolute Gasteiger partial charge is 0.266 e. The number of nitrogens with zero attached hydrogens (tertiary/aromatic N) is 2. The van der Waals surface area contributed by atoms with Crippen LogP contribution in [0, 0.1) is 0 Å². The second-order valence-corrected chi connectivity index (χ2v) is 5.66. The average molecular weight is 336 g/mol. The van der Waals surface area contributed by atoms with E-state index in [0.29, 0.717) is 18.1 Å². The number of Topliss-reactive ketones (excluding diaryl/α,β-unsaturated/α-hetero) is 1. The lowest BCUT2D eigenvalue weighted by molar-refractivity contribution is 0.0720. The molecule has 5 nitrogen and oxygen atoms in total. The maximum atomic E-state index is 12.0. The van der Waals surface area contributed by atoms with E-state index < -0.39 is 0 Å². The van der Waals surface area contributed by atoms with Gasteiger partial charge in [-0.25, -0.2) is 4.98 Å². The van der Waals surface area contributed by atoms with E-state index in [-0.39, 0.29) is 18.3 Å². The third-order valence-electron chi connectivity index (χ3n) is 3.74. The largest absolute Gasteiger partial charge is 0.432 e. The molecule has 0 aliphatic heterocycles. The molecule has 3 rings (SSSR count). The molecule has 1 aromatic carbocycles. The Morgan fingerprint density at radius 2 is 1.84 bits per heavy atom. The molecule has 3 aromatic rings. The first kappa shape index (κ1) is 17.0. The summed E-state index contributed by atoms with van der Waals surface area (Å²) in [4.78, 5) is 20.2. The molecule has 0 unspecified atom stereocenters. The summed E-state index contributed by atoms with van der Waals surface area (Å²) in [5.41, 5.74) is 1.97. The second-order valence-electron chi connectivity index (χ2n) is 5.66. The molecule has 2 aromatic heterocycles. The Hall–Kier alpha value is -2.79. The predicted molar refractivity (Wildman–Crippen MR) is 94.3 cm³/mol. The van der Waals surface area contributed by atoms with Crippen LogP contribution in [0.4, 0.5) is 0 Å². The molecule has 25 heavy (non-hydrogen) atoms. The maximum Gasteiger partial charge on any atom is 0.266 e. The number of carbonyl (C=O) groups is 1. The summed E-state index contributed by atoms with van der Waals surface area (Å²) in [6.45, 7) is 0.528. The Balaban J connectivity index is 1.37. The topological polar surface area (TPSA) is 65.2 Å². The van der Waals surface area contributed by atoms with Crippen LogP contribution in [0.2, 0.25) is 0 Å². The number of carbonyl (C=O) groups excluding carboxylic acids is 1. The minimum atomic E-state index is -0.259. The average Bonchev–Trinajstić information content (AvgIpc) is 3.16. The zero-order valence-corrected chi connectivity index (χ0v) is 13.9. The molecule has 0 aliphatic rings. The first-order valence-electron chi connectivity index (χ1n) is 8.35. The molecular weight excluding hydrogens is 316 g/mol. The summed E-state index contributed by atoms with van der Waals surface area (Å²) < 4.78 is 10.9. The summed E-state index contributed by atoms with van der Waals surface area (Å²) >= 11 is 0. The Morgan fingerprint density at radius 1 is 1.00 bits per heavy atom. The number of oxazole rings is 1. The first-order chi connectivity index (χ1) is 12.3. The first-order valence-corrected chi connectivity index (χ1v) is 8.35. The highest BCUT2D eigenvalue weighted by atomic mass is 16.5. The van der Waals surface area contributed by atoms with Crippen LogP contribution in [0.1, 0.15) is 29.1 Å². The van der Waals surface area contributed by atoms with E-state index in [1.807, 2.05) is 30.3 Å². The molecule has 5 heteroatoms. The molecule has 0 amide bonds. The molecule has 2 heterocycles. The zero-order valence-electron chi connectivity index (χ0n) is 13.9. The highest BCUT2D eigenvalue weighted by Gasteiger charge is 2.14. The van der Waals surface area contributed by atoms with E-state index in [1.165, 1.54) is 11.8 Å². The van der Waals surface area contributed by atoms with Crippen molar-refractivity contribution in [2.45, 2.75) is 19.3 Å². The van der Waals surface area contributed by atoms with Gasteiger partial charge in [0.25, 0.3) is 5.89 Å². The van der Waals surface area contributed by atoms with Gasteiger partial charge in [0.05, 0.1) is 6.20 Å². The molecule has 0 saturated carbocycles. The monoisotopic (exact) mass is 336 g/mol. The van der Waals surface area contributed by atoms with Crippen molar-refractivity contribution in [1.82, 2.24) is 9.97 Å². The van der Waals surface area contributed by atoms with Gasteiger partial charge in [-0.2, -0.15) is 0 Å². The summed E-state index contributed by atoms with van der Waals surface area (Å²) in [7, 11) is 0. The molecule has 0 spiro atoms. The van der Waals surface area contributed by atoms with Gasteiger partial charge in [-0.3, -0.25) is 9.78 Å². The lowest BCUT2D eigenvalue weighted by Gasteiger charge is -2.03. The van der Waals surface area contributed by atoms with Gasteiger partial charge in [-0.15, -0.1) is 0 Å². The summed E-state index contributed by atoms with van der Waals surface area (Å²) in [6, 6.07) is 15.8. The minimum Gasteiger partial charge on any atom is -0.432 e. The molecule has 0 atom stereocenters. The fourth-order valence-electron chi connectivity index (χ4n) is 2.43. The van der Waals surface area contributed by atoms with Crippen LogP contribution >= 0.6 is 0 Å². The quantitative estimate of drug-likeness (QED) is 0.437. The number of unbranched alkanes of at least 4 members (excludes halogenated alkanes) is 1. The van der Waals surface area contributed by atoms with Crippen molar-refractivity contribution in [2.75, 3.05) is 13.2 Å². The zero-order chi connectivity index (χ0) is 17.3. The molecular formula is C20H20N2O3. The van der Waals surface area contributed by atoms with E-state index in [9.17, 15) is 4.79 Å².